The Morgan fingerprint density at radius 1 is 1.06 bits per heavy atom. The monoisotopic (exact) mass is 220 g/mol. The Labute approximate surface area is 103 Å². The summed E-state index contributed by atoms with van der Waals surface area (Å²) < 4.78 is 0. The third kappa shape index (κ3) is 2.54. The van der Waals surface area contributed by atoms with Crippen LogP contribution in [0.3, 0.4) is 0 Å². The lowest BCUT2D eigenvalue weighted by Crippen LogP contribution is -2.04. The van der Waals surface area contributed by atoms with Crippen molar-refractivity contribution in [2.75, 3.05) is 0 Å². The highest BCUT2D eigenvalue weighted by atomic mass is 14.2. The minimum absolute atomic E-state index is 0.248. The lowest BCUT2D eigenvalue weighted by Gasteiger charge is -2.18. The Bertz CT molecular complexity index is 498. The van der Waals surface area contributed by atoms with Gasteiger partial charge in [0.05, 0.1) is 0 Å². The van der Waals surface area contributed by atoms with Gasteiger partial charge in [0.1, 0.15) is 0 Å². The molecule has 1 aliphatic carbocycles. The molecule has 0 amide bonds. The van der Waals surface area contributed by atoms with E-state index in [1.807, 2.05) is 30.4 Å². The summed E-state index contributed by atoms with van der Waals surface area (Å²) in [5.41, 5.74) is 3.66. The topological polar surface area (TPSA) is 0 Å². The zero-order chi connectivity index (χ0) is 12.1. The Kier molecular flexibility index (Phi) is 3.56. The van der Waals surface area contributed by atoms with Crippen LogP contribution in [0, 0.1) is 5.92 Å². The van der Waals surface area contributed by atoms with Crippen molar-refractivity contribution in [3.05, 3.63) is 90.6 Å². The molecule has 84 valence electrons. The van der Waals surface area contributed by atoms with E-state index < -0.39 is 0 Å². The van der Waals surface area contributed by atoms with Gasteiger partial charge < -0.3 is 0 Å². The first-order valence-electron chi connectivity index (χ1n) is 5.75. The van der Waals surface area contributed by atoms with E-state index in [0.29, 0.717) is 0 Å². The molecule has 1 aliphatic rings. The smallest absolute Gasteiger partial charge is 0.0266 e. The average Bonchev–Trinajstić information content (AvgIpc) is 2.39. The predicted molar refractivity (Wildman–Crippen MR) is 75.5 cm³/mol. The lowest BCUT2D eigenvalue weighted by atomic mass is 9.86. The molecule has 0 heteroatoms. The Morgan fingerprint density at radius 3 is 2.47 bits per heavy atom. The molecule has 0 saturated heterocycles. The van der Waals surface area contributed by atoms with Crippen LogP contribution in [0.25, 0.3) is 6.08 Å². The van der Waals surface area contributed by atoms with Gasteiger partial charge in [0, 0.05) is 5.92 Å². The van der Waals surface area contributed by atoms with Crippen LogP contribution in [0.5, 0.6) is 0 Å². The van der Waals surface area contributed by atoms with Crippen LogP contribution < -0.4 is 0 Å². The van der Waals surface area contributed by atoms with Crippen LogP contribution in [-0.2, 0) is 0 Å². The fourth-order valence-electron chi connectivity index (χ4n) is 2.02. The fraction of sp³-hybridized carbons (Fsp3) is 0.0588. The van der Waals surface area contributed by atoms with Gasteiger partial charge in [0.2, 0.25) is 0 Å². The molecule has 0 nitrogen and oxygen atoms in total. The molecule has 0 bridgehead atoms. The highest BCUT2D eigenvalue weighted by Crippen LogP contribution is 2.28. The third-order valence-corrected chi connectivity index (χ3v) is 2.90. The minimum Gasteiger partial charge on any atom is -0.102 e. The fourth-order valence-corrected chi connectivity index (χ4v) is 2.02. The van der Waals surface area contributed by atoms with E-state index in [-0.39, 0.29) is 5.92 Å². The summed E-state index contributed by atoms with van der Waals surface area (Å²) in [6.45, 7) is 7.76. The molecule has 0 radical (unpaired) electrons. The minimum atomic E-state index is 0.248. The first-order chi connectivity index (χ1) is 8.35. The Morgan fingerprint density at radius 2 is 1.82 bits per heavy atom. The summed E-state index contributed by atoms with van der Waals surface area (Å²) >= 11 is 0. The lowest BCUT2D eigenvalue weighted by molar-refractivity contribution is 0.953. The maximum atomic E-state index is 3.91. The maximum Gasteiger partial charge on any atom is 0.0266 e. The van der Waals surface area contributed by atoms with Crippen LogP contribution in [0.1, 0.15) is 5.56 Å². The second kappa shape index (κ2) is 5.31. The van der Waals surface area contributed by atoms with E-state index in [1.54, 1.807) is 0 Å². The van der Waals surface area contributed by atoms with Crippen molar-refractivity contribution >= 4 is 6.08 Å². The van der Waals surface area contributed by atoms with E-state index in [0.717, 1.165) is 0 Å². The molecule has 0 saturated carbocycles. The van der Waals surface area contributed by atoms with Crippen molar-refractivity contribution in [2.45, 2.75) is 0 Å². The summed E-state index contributed by atoms with van der Waals surface area (Å²) in [5.74, 6) is 0.248. The van der Waals surface area contributed by atoms with E-state index in [1.165, 1.54) is 16.7 Å². The van der Waals surface area contributed by atoms with Crippen LogP contribution >= 0.6 is 0 Å². The predicted octanol–water partition coefficient (Wildman–Crippen LogP) is 4.55. The molecule has 0 fully saturated rings. The molecule has 0 N–H and O–H groups in total. The van der Waals surface area contributed by atoms with Gasteiger partial charge in [-0.2, -0.15) is 0 Å². The van der Waals surface area contributed by atoms with Gasteiger partial charge in [-0.15, -0.1) is 6.58 Å². The second-order valence-electron chi connectivity index (χ2n) is 4.00. The number of allylic oxidation sites excluding steroid dienone is 7. The van der Waals surface area contributed by atoms with Gasteiger partial charge >= 0.3 is 0 Å². The molecule has 0 aromatic heterocycles. The first-order valence-corrected chi connectivity index (χ1v) is 5.75. The largest absolute Gasteiger partial charge is 0.102 e. The van der Waals surface area contributed by atoms with Gasteiger partial charge in [-0.25, -0.2) is 0 Å². The molecule has 1 atom stereocenters. The van der Waals surface area contributed by atoms with Crippen LogP contribution in [0.4, 0.5) is 0 Å². The highest BCUT2D eigenvalue weighted by molar-refractivity contribution is 5.61. The molecule has 2 rings (SSSR count). The van der Waals surface area contributed by atoms with E-state index in [4.69, 9.17) is 0 Å². The number of hydrogen-bond donors (Lipinski definition) is 0. The van der Waals surface area contributed by atoms with Gasteiger partial charge in [-0.3, -0.25) is 0 Å². The van der Waals surface area contributed by atoms with Crippen molar-refractivity contribution in [1.29, 1.82) is 0 Å². The van der Waals surface area contributed by atoms with Crippen LogP contribution in [-0.4, -0.2) is 0 Å². The van der Waals surface area contributed by atoms with Gasteiger partial charge in [-0.1, -0.05) is 73.4 Å². The summed E-state index contributed by atoms with van der Waals surface area (Å²) in [5, 5.41) is 0. The summed E-state index contributed by atoms with van der Waals surface area (Å²) in [6.07, 6.45) is 12.3. The molecule has 17 heavy (non-hydrogen) atoms. The third-order valence-electron chi connectivity index (χ3n) is 2.90. The normalized spacial score (nSPS) is 21.1. The van der Waals surface area contributed by atoms with Crippen molar-refractivity contribution in [3.63, 3.8) is 0 Å². The second-order valence-corrected chi connectivity index (χ2v) is 4.00. The molecule has 0 spiro atoms. The Balaban J connectivity index is 2.36. The van der Waals surface area contributed by atoms with Crippen LogP contribution in [0.15, 0.2) is 85.0 Å². The first kappa shape index (κ1) is 11.4. The molecular formula is C17H16. The zero-order valence-electron chi connectivity index (χ0n) is 9.84. The summed E-state index contributed by atoms with van der Waals surface area (Å²) in [7, 11) is 0. The van der Waals surface area contributed by atoms with E-state index in [9.17, 15) is 0 Å². The number of hydrogen-bond acceptors (Lipinski definition) is 0. The molecule has 0 heterocycles. The van der Waals surface area contributed by atoms with E-state index >= 15 is 0 Å². The number of rotatable bonds is 3. The van der Waals surface area contributed by atoms with Crippen molar-refractivity contribution in [1.82, 2.24) is 0 Å². The Hall–Kier alpha value is -2.08. The van der Waals surface area contributed by atoms with Crippen LogP contribution in [0.2, 0.25) is 0 Å². The summed E-state index contributed by atoms with van der Waals surface area (Å²) in [6, 6.07) is 10.3. The van der Waals surface area contributed by atoms with Gasteiger partial charge in [-0.05, 0) is 16.7 Å². The van der Waals surface area contributed by atoms with E-state index in [2.05, 4.69) is 49.6 Å². The quantitative estimate of drug-likeness (QED) is 0.655. The van der Waals surface area contributed by atoms with Crippen molar-refractivity contribution in [2.24, 2.45) is 5.92 Å². The average molecular weight is 220 g/mol. The van der Waals surface area contributed by atoms with Gasteiger partial charge in [0.15, 0.2) is 0 Å². The SMILES string of the molecule is C=CC1=CC=CC(=Cc2ccccc2)C1C=C. The molecule has 1 unspecified atom stereocenters. The standard InChI is InChI=1S/C17H16/c1-3-15-11-8-12-16(17(15)4-2)13-14-9-6-5-7-10-14/h3-13,17H,1-2H2. The van der Waals surface area contributed by atoms with Crippen molar-refractivity contribution < 1.29 is 0 Å². The number of benzene rings is 1. The van der Waals surface area contributed by atoms with Crippen molar-refractivity contribution in [3.8, 4) is 0 Å². The zero-order valence-corrected chi connectivity index (χ0v) is 9.84. The molecule has 1 aromatic carbocycles. The van der Waals surface area contributed by atoms with Gasteiger partial charge in [0.25, 0.3) is 0 Å². The summed E-state index contributed by atoms with van der Waals surface area (Å²) in [4.78, 5) is 0. The highest BCUT2D eigenvalue weighted by Gasteiger charge is 2.13. The molecule has 0 aliphatic heterocycles. The molecule has 1 aromatic rings. The maximum absolute atomic E-state index is 3.91. The molecular weight excluding hydrogens is 204 g/mol.